The zero-order valence-electron chi connectivity index (χ0n) is 16.0. The summed E-state index contributed by atoms with van der Waals surface area (Å²) < 4.78 is 40.7. The number of anilines is 2. The third-order valence-corrected chi connectivity index (χ3v) is 6.70. The molecule has 0 bridgehead atoms. The summed E-state index contributed by atoms with van der Waals surface area (Å²) >= 11 is 0. The lowest BCUT2D eigenvalue weighted by Crippen LogP contribution is -2.07. The maximum absolute atomic E-state index is 14.0. The zero-order valence-corrected chi connectivity index (χ0v) is 16.8. The number of aryl methyl sites for hydroxylation is 2. The second kappa shape index (κ2) is 7.29. The van der Waals surface area contributed by atoms with Crippen molar-refractivity contribution in [2.24, 2.45) is 0 Å². The fourth-order valence-electron chi connectivity index (χ4n) is 3.17. The molecule has 0 unspecified atom stereocenters. The van der Waals surface area contributed by atoms with Crippen LogP contribution in [0.1, 0.15) is 11.1 Å². The van der Waals surface area contributed by atoms with Gasteiger partial charge in [0.05, 0.1) is 16.1 Å². The average molecular weight is 406 g/mol. The van der Waals surface area contributed by atoms with E-state index in [0.29, 0.717) is 16.6 Å². The SMILES string of the molecule is Cc1ccc(Nc2c(S(=O)(=O)c3ccccc3)cnc3ccc(F)cc23)cc1C. The van der Waals surface area contributed by atoms with E-state index in [1.165, 1.54) is 36.5 Å². The van der Waals surface area contributed by atoms with E-state index < -0.39 is 15.7 Å². The van der Waals surface area contributed by atoms with Crippen LogP contribution in [0.2, 0.25) is 0 Å². The van der Waals surface area contributed by atoms with E-state index in [1.54, 1.807) is 18.2 Å². The molecular formula is C23H19FN2O2S. The second-order valence-electron chi connectivity index (χ2n) is 6.90. The third-order valence-electron chi connectivity index (χ3n) is 4.91. The van der Waals surface area contributed by atoms with Gasteiger partial charge >= 0.3 is 0 Å². The Morgan fingerprint density at radius 3 is 2.38 bits per heavy atom. The van der Waals surface area contributed by atoms with Gasteiger partial charge in [0.1, 0.15) is 10.7 Å². The largest absolute Gasteiger partial charge is 0.354 e. The van der Waals surface area contributed by atoms with Crippen molar-refractivity contribution in [2.45, 2.75) is 23.6 Å². The molecule has 4 rings (SSSR count). The summed E-state index contributed by atoms with van der Waals surface area (Å²) in [6.45, 7) is 3.98. The Morgan fingerprint density at radius 1 is 0.897 bits per heavy atom. The minimum Gasteiger partial charge on any atom is -0.354 e. The lowest BCUT2D eigenvalue weighted by Gasteiger charge is -2.16. The van der Waals surface area contributed by atoms with Crippen molar-refractivity contribution < 1.29 is 12.8 Å². The topological polar surface area (TPSA) is 59.1 Å². The van der Waals surface area contributed by atoms with Crippen LogP contribution in [0.4, 0.5) is 15.8 Å². The first kappa shape index (κ1) is 19.1. The van der Waals surface area contributed by atoms with Gasteiger partial charge in [-0.15, -0.1) is 0 Å². The molecule has 3 aromatic carbocycles. The summed E-state index contributed by atoms with van der Waals surface area (Å²) in [5, 5.41) is 3.60. The number of fused-ring (bicyclic) bond motifs is 1. The quantitative estimate of drug-likeness (QED) is 0.482. The molecule has 0 aliphatic carbocycles. The predicted octanol–water partition coefficient (Wildman–Crippen LogP) is 5.57. The maximum atomic E-state index is 14.0. The van der Waals surface area contributed by atoms with E-state index in [1.807, 2.05) is 32.0 Å². The summed E-state index contributed by atoms with van der Waals surface area (Å²) in [7, 11) is -3.86. The number of hydrogen-bond donors (Lipinski definition) is 1. The molecule has 29 heavy (non-hydrogen) atoms. The molecule has 1 N–H and O–H groups in total. The van der Waals surface area contributed by atoms with Crippen molar-refractivity contribution in [1.29, 1.82) is 0 Å². The van der Waals surface area contributed by atoms with Gasteiger partial charge in [0.15, 0.2) is 0 Å². The molecule has 4 aromatic rings. The van der Waals surface area contributed by atoms with E-state index in [2.05, 4.69) is 10.3 Å². The van der Waals surface area contributed by atoms with Crippen LogP contribution in [0.3, 0.4) is 0 Å². The number of sulfone groups is 1. The third kappa shape index (κ3) is 3.59. The van der Waals surface area contributed by atoms with Crippen molar-refractivity contribution in [3.05, 3.63) is 89.9 Å². The number of rotatable bonds is 4. The van der Waals surface area contributed by atoms with E-state index in [9.17, 15) is 12.8 Å². The average Bonchev–Trinajstić information content (AvgIpc) is 2.71. The molecule has 1 aromatic heterocycles. The summed E-state index contributed by atoms with van der Waals surface area (Å²) in [4.78, 5) is 4.42. The molecule has 146 valence electrons. The molecule has 0 fully saturated rings. The summed E-state index contributed by atoms with van der Waals surface area (Å²) in [6.07, 6.45) is 1.33. The predicted molar refractivity (Wildman–Crippen MR) is 113 cm³/mol. The number of hydrogen-bond acceptors (Lipinski definition) is 4. The Morgan fingerprint density at radius 2 is 1.66 bits per heavy atom. The molecule has 0 spiro atoms. The molecule has 0 aliphatic rings. The standard InChI is InChI=1S/C23H19FN2O2S/c1-15-8-10-18(12-16(15)2)26-23-20-13-17(24)9-11-21(20)25-14-22(23)29(27,28)19-6-4-3-5-7-19/h3-14H,1-2H3,(H,25,26). The summed E-state index contributed by atoms with van der Waals surface area (Å²) in [6, 6.07) is 18.0. The van der Waals surface area contributed by atoms with E-state index >= 15 is 0 Å². The normalized spacial score (nSPS) is 11.6. The number of nitrogens with one attached hydrogen (secondary N) is 1. The Balaban J connectivity index is 1.97. The van der Waals surface area contributed by atoms with Crippen LogP contribution < -0.4 is 5.32 Å². The van der Waals surface area contributed by atoms with Crippen LogP contribution in [0, 0.1) is 19.7 Å². The maximum Gasteiger partial charge on any atom is 0.210 e. The lowest BCUT2D eigenvalue weighted by atomic mass is 10.1. The highest BCUT2D eigenvalue weighted by Gasteiger charge is 2.24. The number of pyridine rings is 1. The van der Waals surface area contributed by atoms with Crippen LogP contribution in [-0.4, -0.2) is 13.4 Å². The van der Waals surface area contributed by atoms with Crippen LogP contribution in [0.5, 0.6) is 0 Å². The van der Waals surface area contributed by atoms with Crippen molar-refractivity contribution in [3.8, 4) is 0 Å². The van der Waals surface area contributed by atoms with Crippen molar-refractivity contribution >= 4 is 32.1 Å². The Labute approximate surface area is 169 Å². The van der Waals surface area contributed by atoms with E-state index in [4.69, 9.17) is 0 Å². The second-order valence-corrected chi connectivity index (χ2v) is 8.82. The smallest absolute Gasteiger partial charge is 0.210 e. The monoisotopic (exact) mass is 406 g/mol. The number of benzene rings is 3. The molecule has 1 heterocycles. The van der Waals surface area contributed by atoms with Gasteiger partial charge in [-0.3, -0.25) is 4.98 Å². The molecule has 0 radical (unpaired) electrons. The number of halogens is 1. The molecular weight excluding hydrogens is 387 g/mol. The van der Waals surface area contributed by atoms with Crippen LogP contribution in [0.15, 0.2) is 82.7 Å². The van der Waals surface area contributed by atoms with Gasteiger partial charge in [0.25, 0.3) is 0 Å². The van der Waals surface area contributed by atoms with Crippen LogP contribution >= 0.6 is 0 Å². The minimum absolute atomic E-state index is 0.0000260. The van der Waals surface area contributed by atoms with E-state index in [0.717, 1.165) is 16.8 Å². The molecule has 4 nitrogen and oxygen atoms in total. The number of aromatic nitrogens is 1. The molecule has 0 amide bonds. The van der Waals surface area contributed by atoms with Gasteiger partial charge in [0, 0.05) is 17.3 Å². The fourth-order valence-corrected chi connectivity index (χ4v) is 4.56. The zero-order chi connectivity index (χ0) is 20.6. The first-order valence-corrected chi connectivity index (χ1v) is 10.6. The highest BCUT2D eigenvalue weighted by Crippen LogP contribution is 2.35. The van der Waals surface area contributed by atoms with Gasteiger partial charge in [-0.25, -0.2) is 12.8 Å². The minimum atomic E-state index is -3.86. The van der Waals surface area contributed by atoms with Gasteiger partial charge in [0.2, 0.25) is 9.84 Å². The van der Waals surface area contributed by atoms with Gasteiger partial charge in [-0.1, -0.05) is 24.3 Å². The molecule has 6 heteroatoms. The number of nitrogens with zero attached hydrogens (tertiary/aromatic N) is 1. The highest BCUT2D eigenvalue weighted by atomic mass is 32.2. The molecule has 0 saturated heterocycles. The molecule has 0 saturated carbocycles. The van der Waals surface area contributed by atoms with Gasteiger partial charge < -0.3 is 5.32 Å². The van der Waals surface area contributed by atoms with Crippen molar-refractivity contribution in [1.82, 2.24) is 4.98 Å². The molecule has 0 atom stereocenters. The van der Waals surface area contributed by atoms with Gasteiger partial charge in [-0.05, 0) is 67.4 Å². The summed E-state index contributed by atoms with van der Waals surface area (Å²) in [5.41, 5.74) is 3.71. The Kier molecular flexibility index (Phi) is 4.80. The summed E-state index contributed by atoms with van der Waals surface area (Å²) in [5.74, 6) is -0.461. The Bertz CT molecular complexity index is 1320. The van der Waals surface area contributed by atoms with Crippen molar-refractivity contribution in [3.63, 3.8) is 0 Å². The lowest BCUT2D eigenvalue weighted by molar-refractivity contribution is 0.596. The Hall–Kier alpha value is -3.25. The van der Waals surface area contributed by atoms with E-state index in [-0.39, 0.29) is 9.79 Å². The van der Waals surface area contributed by atoms with Gasteiger partial charge in [-0.2, -0.15) is 0 Å². The fraction of sp³-hybridized carbons (Fsp3) is 0.0870. The first-order valence-electron chi connectivity index (χ1n) is 9.09. The van der Waals surface area contributed by atoms with Crippen molar-refractivity contribution in [2.75, 3.05) is 5.32 Å². The van der Waals surface area contributed by atoms with Crippen LogP contribution in [0.25, 0.3) is 10.9 Å². The first-order chi connectivity index (χ1) is 13.9. The van der Waals surface area contributed by atoms with Crippen LogP contribution in [-0.2, 0) is 9.84 Å². The molecule has 0 aliphatic heterocycles. The highest BCUT2D eigenvalue weighted by molar-refractivity contribution is 7.91.